The molecule has 1 fully saturated rings. The van der Waals surface area contributed by atoms with E-state index >= 15 is 0 Å². The zero-order valence-electron chi connectivity index (χ0n) is 17.4. The van der Waals surface area contributed by atoms with E-state index in [0.29, 0.717) is 58.6 Å². The molecule has 4 rings (SSSR count). The van der Waals surface area contributed by atoms with E-state index in [-0.39, 0.29) is 18.1 Å². The number of halogens is 4. The van der Waals surface area contributed by atoms with Gasteiger partial charge in [-0.25, -0.2) is 0 Å². The van der Waals surface area contributed by atoms with Crippen LogP contribution in [0.15, 0.2) is 54.6 Å². The fraction of sp³-hybridized carbons (Fsp3) is 0.292. The number of carboxylic acids is 1. The van der Waals surface area contributed by atoms with E-state index in [9.17, 15) is 18.0 Å². The van der Waals surface area contributed by atoms with E-state index in [1.54, 1.807) is 48.5 Å². The molecule has 9 heteroatoms. The van der Waals surface area contributed by atoms with Crippen LogP contribution in [0.2, 0.25) is 5.02 Å². The lowest BCUT2D eigenvalue weighted by molar-refractivity contribution is -0.141. The molecular formula is C24H21ClF3NO3S. The van der Waals surface area contributed by atoms with Crippen LogP contribution in [-0.2, 0) is 24.1 Å². The minimum atomic E-state index is -4.45. The molecule has 1 atom stereocenters. The smallest absolute Gasteiger partial charge is 0.426 e. The Labute approximate surface area is 198 Å². The normalized spacial score (nSPS) is 16.8. The number of thiophene rings is 1. The fourth-order valence-electron chi connectivity index (χ4n) is 3.88. The third-order valence-corrected chi connectivity index (χ3v) is 7.05. The first kappa shape index (κ1) is 23.6. The van der Waals surface area contributed by atoms with E-state index in [4.69, 9.17) is 21.4 Å². The third-order valence-electron chi connectivity index (χ3n) is 5.55. The van der Waals surface area contributed by atoms with E-state index < -0.39 is 17.0 Å². The first-order valence-electron chi connectivity index (χ1n) is 10.3. The first-order chi connectivity index (χ1) is 15.7. The summed E-state index contributed by atoms with van der Waals surface area (Å²) in [5, 5.41) is 9.61. The van der Waals surface area contributed by atoms with Crippen molar-refractivity contribution in [1.82, 2.24) is 4.90 Å². The van der Waals surface area contributed by atoms with Crippen molar-refractivity contribution in [3.8, 4) is 16.9 Å². The van der Waals surface area contributed by atoms with Gasteiger partial charge in [0.25, 0.3) is 0 Å². The number of nitrogens with zero attached hydrogens (tertiary/aromatic N) is 1. The largest absolute Gasteiger partial charge is 0.488 e. The summed E-state index contributed by atoms with van der Waals surface area (Å²) in [6.45, 7) is 1.69. The van der Waals surface area contributed by atoms with Gasteiger partial charge in [0.1, 0.15) is 17.2 Å². The van der Waals surface area contributed by atoms with Crippen LogP contribution in [0.25, 0.3) is 11.1 Å². The van der Waals surface area contributed by atoms with Gasteiger partial charge in [0.2, 0.25) is 0 Å². The number of carbonyl (C=O) groups is 1. The highest BCUT2D eigenvalue weighted by atomic mass is 35.5. The lowest BCUT2D eigenvalue weighted by atomic mass is 10.1. The summed E-state index contributed by atoms with van der Waals surface area (Å²) in [7, 11) is 0. The molecule has 0 amide bonds. The van der Waals surface area contributed by atoms with Gasteiger partial charge < -0.3 is 9.84 Å². The molecule has 1 unspecified atom stereocenters. The Hall–Kier alpha value is -2.55. The van der Waals surface area contributed by atoms with Crippen molar-refractivity contribution in [3.05, 3.63) is 74.9 Å². The molecule has 1 aliphatic rings. The summed E-state index contributed by atoms with van der Waals surface area (Å²) < 4.78 is 46.4. The molecule has 3 aromatic rings. The highest BCUT2D eigenvalue weighted by Crippen LogP contribution is 2.43. The molecule has 174 valence electrons. The summed E-state index contributed by atoms with van der Waals surface area (Å²) in [6, 6.07) is 15.2. The maximum Gasteiger partial charge on any atom is 0.426 e. The number of hydrogen-bond acceptors (Lipinski definition) is 4. The van der Waals surface area contributed by atoms with E-state index in [0.717, 1.165) is 5.56 Å². The second-order valence-corrected chi connectivity index (χ2v) is 9.46. The minimum Gasteiger partial charge on any atom is -0.488 e. The number of carboxylic acid groups (broad SMARTS) is 1. The average Bonchev–Trinajstić information content (AvgIpc) is 3.42. The van der Waals surface area contributed by atoms with Crippen molar-refractivity contribution in [2.45, 2.75) is 25.7 Å². The maximum absolute atomic E-state index is 13.6. The molecule has 0 bridgehead atoms. The second kappa shape index (κ2) is 9.75. The summed E-state index contributed by atoms with van der Waals surface area (Å²) in [6.07, 6.45) is -3.84. The van der Waals surface area contributed by atoms with Gasteiger partial charge in [0.05, 0.1) is 5.92 Å². The van der Waals surface area contributed by atoms with Crippen LogP contribution in [0.1, 0.15) is 21.7 Å². The predicted molar refractivity (Wildman–Crippen MR) is 122 cm³/mol. The lowest BCUT2D eigenvalue weighted by Crippen LogP contribution is -2.22. The number of rotatable bonds is 7. The number of ether oxygens (including phenoxy) is 1. The molecule has 2 heterocycles. The van der Waals surface area contributed by atoms with Crippen LogP contribution in [0.4, 0.5) is 13.2 Å². The van der Waals surface area contributed by atoms with Crippen molar-refractivity contribution < 1.29 is 27.8 Å². The van der Waals surface area contributed by atoms with Crippen LogP contribution in [0.5, 0.6) is 5.75 Å². The monoisotopic (exact) mass is 495 g/mol. The molecule has 1 aliphatic heterocycles. The van der Waals surface area contributed by atoms with Crippen molar-refractivity contribution >= 4 is 28.9 Å². The number of aliphatic carboxylic acids is 1. The Kier molecular flexibility index (Phi) is 6.97. The SMILES string of the molecule is O=C(O)C1CCN(Cc2ccc(OCc3cc(-c4ccccc4)c(C(F)(F)F)s3)cc2Cl)C1. The molecule has 0 radical (unpaired) electrons. The minimum absolute atomic E-state index is 0.0112. The number of alkyl halides is 3. The van der Waals surface area contributed by atoms with Gasteiger partial charge in [-0.2, -0.15) is 13.2 Å². The molecule has 0 saturated carbocycles. The summed E-state index contributed by atoms with van der Waals surface area (Å²) in [4.78, 5) is 13.0. The highest BCUT2D eigenvalue weighted by molar-refractivity contribution is 7.12. The molecule has 2 aromatic carbocycles. The van der Waals surface area contributed by atoms with Crippen molar-refractivity contribution in [2.24, 2.45) is 5.92 Å². The quantitative estimate of drug-likeness (QED) is 0.402. The van der Waals surface area contributed by atoms with Crippen LogP contribution in [-0.4, -0.2) is 29.1 Å². The van der Waals surface area contributed by atoms with E-state index in [1.165, 1.54) is 6.07 Å². The topological polar surface area (TPSA) is 49.8 Å². The average molecular weight is 496 g/mol. The lowest BCUT2D eigenvalue weighted by Gasteiger charge is -2.16. The summed E-state index contributed by atoms with van der Waals surface area (Å²) >= 11 is 7.06. The summed E-state index contributed by atoms with van der Waals surface area (Å²) in [5.41, 5.74) is 1.49. The molecule has 1 saturated heterocycles. The van der Waals surface area contributed by atoms with E-state index in [1.807, 2.05) is 4.90 Å². The second-order valence-electron chi connectivity index (χ2n) is 7.92. The maximum atomic E-state index is 13.6. The van der Waals surface area contributed by atoms with Crippen LogP contribution < -0.4 is 4.74 Å². The summed E-state index contributed by atoms with van der Waals surface area (Å²) in [5.74, 6) is -0.693. The molecule has 33 heavy (non-hydrogen) atoms. The standard InChI is InChI=1S/C24H21ClF3NO3S/c25-21-10-18(7-6-16(21)12-29-9-8-17(13-29)23(30)31)32-14-19-11-20(15-4-2-1-3-5-15)22(33-19)24(26,27)28/h1-7,10-11,17H,8-9,12-14H2,(H,30,31). The fourth-order valence-corrected chi connectivity index (χ4v) is 5.06. The predicted octanol–water partition coefficient (Wildman–Crippen LogP) is 6.57. The van der Waals surface area contributed by atoms with Gasteiger partial charge in [0, 0.05) is 28.6 Å². The zero-order valence-corrected chi connectivity index (χ0v) is 19.0. The Morgan fingerprint density at radius 1 is 1.18 bits per heavy atom. The van der Waals surface area contributed by atoms with Crippen molar-refractivity contribution in [2.75, 3.05) is 13.1 Å². The van der Waals surface area contributed by atoms with Gasteiger partial charge in [-0.05, 0) is 42.3 Å². The molecule has 1 aromatic heterocycles. The van der Waals surface area contributed by atoms with Crippen LogP contribution >= 0.6 is 22.9 Å². The van der Waals surface area contributed by atoms with Crippen molar-refractivity contribution in [1.29, 1.82) is 0 Å². The Morgan fingerprint density at radius 3 is 2.58 bits per heavy atom. The molecule has 0 spiro atoms. The van der Waals surface area contributed by atoms with Gasteiger partial charge in [-0.3, -0.25) is 9.69 Å². The molecule has 0 aliphatic carbocycles. The Bertz CT molecular complexity index is 1130. The van der Waals surface area contributed by atoms with E-state index in [2.05, 4.69) is 0 Å². The molecule has 1 N–H and O–H groups in total. The third kappa shape index (κ3) is 5.69. The van der Waals surface area contributed by atoms with Gasteiger partial charge in [0.15, 0.2) is 0 Å². The van der Waals surface area contributed by atoms with Gasteiger partial charge in [-0.15, -0.1) is 11.3 Å². The molecule has 4 nitrogen and oxygen atoms in total. The highest BCUT2D eigenvalue weighted by Gasteiger charge is 2.36. The van der Waals surface area contributed by atoms with Crippen LogP contribution in [0.3, 0.4) is 0 Å². The molecular weight excluding hydrogens is 475 g/mol. The van der Waals surface area contributed by atoms with Gasteiger partial charge >= 0.3 is 12.1 Å². The number of likely N-dealkylation sites (tertiary alicyclic amines) is 1. The van der Waals surface area contributed by atoms with Gasteiger partial charge in [-0.1, -0.05) is 48.0 Å². The Morgan fingerprint density at radius 2 is 1.94 bits per heavy atom. The zero-order chi connectivity index (χ0) is 23.6. The number of hydrogen-bond donors (Lipinski definition) is 1. The van der Waals surface area contributed by atoms with Crippen LogP contribution in [0, 0.1) is 5.92 Å². The number of benzene rings is 2. The Balaban J connectivity index is 1.44. The first-order valence-corrected chi connectivity index (χ1v) is 11.5. The van der Waals surface area contributed by atoms with Crippen molar-refractivity contribution in [3.63, 3.8) is 0 Å².